The molecule has 1 atom stereocenters. The number of rotatable bonds is 6. The number of alkyl halides is 3. The van der Waals surface area contributed by atoms with E-state index >= 15 is 0 Å². The molecule has 1 N–H and O–H groups in total. The number of hydrogen-bond donors (Lipinski definition) is 1. The van der Waals surface area contributed by atoms with E-state index < -0.39 is 23.3 Å². The Bertz CT molecular complexity index is 1100. The highest BCUT2D eigenvalue weighted by Crippen LogP contribution is 2.34. The van der Waals surface area contributed by atoms with E-state index in [0.29, 0.717) is 6.07 Å². The van der Waals surface area contributed by atoms with Crippen molar-refractivity contribution >= 4 is 16.9 Å². The van der Waals surface area contributed by atoms with Crippen LogP contribution < -0.4 is 15.7 Å². The maximum atomic E-state index is 13.1. The van der Waals surface area contributed by atoms with Crippen LogP contribution in [0.2, 0.25) is 0 Å². The third kappa shape index (κ3) is 5.00. The topological polar surface area (TPSA) is 68.5 Å². The number of amides is 1. The Morgan fingerprint density at radius 3 is 2.47 bits per heavy atom. The number of halogens is 3. The van der Waals surface area contributed by atoms with Crippen LogP contribution in [0.1, 0.15) is 36.6 Å². The van der Waals surface area contributed by atoms with Gasteiger partial charge in [0.2, 0.25) is 0 Å². The molecule has 0 bridgehead atoms. The van der Waals surface area contributed by atoms with Crippen molar-refractivity contribution < 1.29 is 27.1 Å². The van der Waals surface area contributed by atoms with Crippen LogP contribution in [0, 0.1) is 0 Å². The molecule has 0 aliphatic carbocycles. The number of aryl methyl sites for hydroxylation is 1. The largest absolute Gasteiger partial charge is 0.484 e. The van der Waals surface area contributed by atoms with E-state index in [0.717, 1.165) is 24.1 Å². The number of carbonyl (C=O) groups is 1. The summed E-state index contributed by atoms with van der Waals surface area (Å²) in [6.07, 6.45) is -3.77. The first kappa shape index (κ1) is 21.4. The molecule has 0 radical (unpaired) electrons. The molecule has 158 valence electrons. The van der Waals surface area contributed by atoms with Crippen molar-refractivity contribution in [3.05, 3.63) is 75.6 Å². The predicted octanol–water partition coefficient (Wildman–Crippen LogP) is 4.63. The monoisotopic (exact) mass is 419 g/mol. The molecule has 2 aromatic carbocycles. The summed E-state index contributed by atoms with van der Waals surface area (Å²) >= 11 is 0. The number of ether oxygens (including phenoxy) is 1. The summed E-state index contributed by atoms with van der Waals surface area (Å²) in [7, 11) is 0. The van der Waals surface area contributed by atoms with Crippen molar-refractivity contribution in [3.63, 3.8) is 0 Å². The lowest BCUT2D eigenvalue weighted by Crippen LogP contribution is -2.31. The summed E-state index contributed by atoms with van der Waals surface area (Å²) in [5.41, 5.74) is -0.337. The van der Waals surface area contributed by atoms with Gasteiger partial charge < -0.3 is 14.5 Å². The minimum Gasteiger partial charge on any atom is -0.484 e. The lowest BCUT2D eigenvalue weighted by Gasteiger charge is -2.15. The fourth-order valence-corrected chi connectivity index (χ4v) is 3.02. The van der Waals surface area contributed by atoms with E-state index in [-0.39, 0.29) is 29.4 Å². The van der Waals surface area contributed by atoms with E-state index in [2.05, 4.69) is 12.2 Å². The van der Waals surface area contributed by atoms with Gasteiger partial charge in [0.05, 0.1) is 11.6 Å². The molecule has 3 aromatic rings. The van der Waals surface area contributed by atoms with Crippen LogP contribution in [0.3, 0.4) is 0 Å². The van der Waals surface area contributed by atoms with E-state index in [1.807, 2.05) is 31.2 Å². The molecule has 1 amide bonds. The van der Waals surface area contributed by atoms with Gasteiger partial charge in [0.25, 0.3) is 5.91 Å². The van der Waals surface area contributed by atoms with Crippen molar-refractivity contribution in [2.75, 3.05) is 6.61 Å². The zero-order valence-corrected chi connectivity index (χ0v) is 16.4. The smallest absolute Gasteiger partial charge is 0.417 e. The number of benzene rings is 2. The lowest BCUT2D eigenvalue weighted by atomic mass is 10.1. The molecule has 0 aliphatic heterocycles. The molecule has 1 heterocycles. The second-order valence-electron chi connectivity index (χ2n) is 6.81. The Hall–Kier alpha value is -3.29. The van der Waals surface area contributed by atoms with E-state index in [9.17, 15) is 22.8 Å². The summed E-state index contributed by atoms with van der Waals surface area (Å²) in [6, 6.07) is 11.6. The van der Waals surface area contributed by atoms with Crippen molar-refractivity contribution in [3.8, 4) is 5.75 Å². The Morgan fingerprint density at radius 1 is 1.13 bits per heavy atom. The van der Waals surface area contributed by atoms with Crippen molar-refractivity contribution in [1.29, 1.82) is 0 Å². The minimum atomic E-state index is -4.69. The fourth-order valence-electron chi connectivity index (χ4n) is 3.02. The Balaban J connectivity index is 1.67. The van der Waals surface area contributed by atoms with Crippen LogP contribution in [0.25, 0.3) is 11.0 Å². The number of carbonyl (C=O) groups excluding carboxylic acids is 1. The van der Waals surface area contributed by atoms with Crippen LogP contribution in [-0.2, 0) is 17.4 Å². The van der Waals surface area contributed by atoms with Gasteiger partial charge in [0, 0.05) is 17.5 Å². The summed E-state index contributed by atoms with van der Waals surface area (Å²) in [6.45, 7) is 3.55. The number of fused-ring (bicyclic) bond motifs is 1. The second-order valence-corrected chi connectivity index (χ2v) is 6.81. The van der Waals surface area contributed by atoms with E-state index in [4.69, 9.17) is 9.15 Å². The lowest BCUT2D eigenvalue weighted by molar-refractivity contribution is -0.136. The zero-order valence-electron chi connectivity index (χ0n) is 16.4. The van der Waals surface area contributed by atoms with Crippen molar-refractivity contribution in [2.45, 2.75) is 32.5 Å². The van der Waals surface area contributed by atoms with Crippen LogP contribution >= 0.6 is 0 Å². The van der Waals surface area contributed by atoms with E-state index in [1.54, 1.807) is 0 Å². The SMILES string of the molecule is CCc1ccc(C(C)NC(=O)COc2ccc3c(C(F)(F)F)cc(=O)oc3c2)cc1. The molecule has 0 aliphatic rings. The van der Waals surface area contributed by atoms with Gasteiger partial charge in [0.1, 0.15) is 11.3 Å². The van der Waals surface area contributed by atoms with Crippen molar-refractivity contribution in [1.82, 2.24) is 5.32 Å². The van der Waals surface area contributed by atoms with Crippen molar-refractivity contribution in [2.24, 2.45) is 0 Å². The minimum absolute atomic E-state index is 0.111. The molecule has 1 aromatic heterocycles. The molecule has 0 saturated heterocycles. The number of hydrogen-bond acceptors (Lipinski definition) is 4. The molecule has 1 unspecified atom stereocenters. The van der Waals surface area contributed by atoms with Gasteiger partial charge in [-0.3, -0.25) is 4.79 Å². The molecule has 3 rings (SSSR count). The van der Waals surface area contributed by atoms with Gasteiger partial charge in [-0.1, -0.05) is 31.2 Å². The van der Waals surface area contributed by atoms with Gasteiger partial charge in [-0.15, -0.1) is 0 Å². The Kier molecular flexibility index (Phi) is 6.14. The number of nitrogens with one attached hydrogen (secondary N) is 1. The Labute approximate surface area is 170 Å². The summed E-state index contributed by atoms with van der Waals surface area (Å²) < 4.78 is 49.5. The van der Waals surface area contributed by atoms with Crippen LogP contribution in [0.15, 0.2) is 57.7 Å². The molecule has 5 nitrogen and oxygen atoms in total. The maximum Gasteiger partial charge on any atom is 0.417 e. The first-order valence-corrected chi connectivity index (χ1v) is 9.33. The van der Waals surface area contributed by atoms with Gasteiger partial charge >= 0.3 is 11.8 Å². The normalized spacial score (nSPS) is 12.6. The summed E-state index contributed by atoms with van der Waals surface area (Å²) in [5, 5.41) is 2.53. The highest BCUT2D eigenvalue weighted by Gasteiger charge is 2.33. The average molecular weight is 419 g/mol. The quantitative estimate of drug-likeness (QED) is 0.592. The first-order chi connectivity index (χ1) is 14.2. The highest BCUT2D eigenvalue weighted by molar-refractivity contribution is 5.82. The molecular weight excluding hydrogens is 399 g/mol. The zero-order chi connectivity index (χ0) is 21.9. The second kappa shape index (κ2) is 8.61. The van der Waals surface area contributed by atoms with Gasteiger partial charge in [-0.05, 0) is 36.6 Å². The third-order valence-electron chi connectivity index (χ3n) is 4.66. The molecule has 0 saturated carbocycles. The van der Waals surface area contributed by atoms with Crippen LogP contribution in [0.4, 0.5) is 13.2 Å². The van der Waals surface area contributed by atoms with Gasteiger partial charge in [-0.2, -0.15) is 13.2 Å². The third-order valence-corrected chi connectivity index (χ3v) is 4.66. The summed E-state index contributed by atoms with van der Waals surface area (Å²) in [5.74, 6) is -0.285. The summed E-state index contributed by atoms with van der Waals surface area (Å²) in [4.78, 5) is 23.6. The molecule has 0 spiro atoms. The van der Waals surface area contributed by atoms with Crippen LogP contribution in [-0.4, -0.2) is 12.5 Å². The highest BCUT2D eigenvalue weighted by atomic mass is 19.4. The molecule has 0 fully saturated rings. The average Bonchev–Trinajstić information content (AvgIpc) is 2.70. The molecular formula is C22H20F3NO4. The van der Waals surface area contributed by atoms with Crippen LogP contribution in [0.5, 0.6) is 5.75 Å². The predicted molar refractivity (Wildman–Crippen MR) is 105 cm³/mol. The van der Waals surface area contributed by atoms with Gasteiger partial charge in [-0.25, -0.2) is 4.79 Å². The fraction of sp³-hybridized carbons (Fsp3) is 0.273. The Morgan fingerprint density at radius 2 is 1.83 bits per heavy atom. The maximum absolute atomic E-state index is 13.1. The molecule has 30 heavy (non-hydrogen) atoms. The standard InChI is InChI=1S/C22H20F3NO4/c1-3-14-4-6-15(7-5-14)13(2)26-20(27)12-29-16-8-9-17-18(22(23,24)25)11-21(28)30-19(17)10-16/h4-11,13H,3,12H2,1-2H3,(H,26,27). The van der Waals surface area contributed by atoms with Gasteiger partial charge in [0.15, 0.2) is 6.61 Å². The molecule has 8 heteroatoms. The van der Waals surface area contributed by atoms with E-state index in [1.165, 1.54) is 11.6 Å². The first-order valence-electron chi connectivity index (χ1n) is 9.33.